The fraction of sp³-hybridized carbons (Fsp3) is 0.300. The Morgan fingerprint density at radius 2 is 1.83 bits per heavy atom. The van der Waals surface area contributed by atoms with Crippen LogP contribution < -0.4 is 21.6 Å². The Labute approximate surface area is 239 Å². The van der Waals surface area contributed by atoms with Crippen molar-refractivity contribution in [3.63, 3.8) is 0 Å². The van der Waals surface area contributed by atoms with Crippen LogP contribution in [0.2, 0.25) is 0 Å². The largest absolute Gasteiger partial charge is 0.377 e. The maximum Gasteiger partial charge on any atom is 0.247 e. The Hall–Kier alpha value is -4.71. The minimum atomic E-state index is -1.32. The fourth-order valence-electron chi connectivity index (χ4n) is 5.36. The molecule has 42 heavy (non-hydrogen) atoms. The van der Waals surface area contributed by atoms with Crippen molar-refractivity contribution in [2.75, 3.05) is 35.7 Å². The molecular weight excluding hydrogens is 544 g/mol. The third kappa shape index (κ3) is 4.57. The lowest BCUT2D eigenvalue weighted by molar-refractivity contribution is -0.131. The second-order valence-corrected chi connectivity index (χ2v) is 10.9. The quantitative estimate of drug-likeness (QED) is 0.303. The van der Waals surface area contributed by atoms with Crippen LogP contribution in [0.25, 0.3) is 22.5 Å². The number of hydrogen-bond acceptors (Lipinski definition) is 7. The first kappa shape index (κ1) is 26.2. The smallest absolute Gasteiger partial charge is 0.247 e. The number of aryl methyl sites for hydroxylation is 1. The van der Waals surface area contributed by atoms with E-state index in [1.54, 1.807) is 19.2 Å². The number of carbonyl (C=O) groups excluding carboxylic acids is 2. The predicted octanol–water partition coefficient (Wildman–Crippen LogP) is 3.72. The molecular formula is C30H27F2N7O3. The zero-order valence-electron chi connectivity index (χ0n) is 22.7. The minimum absolute atomic E-state index is 0.0218. The van der Waals surface area contributed by atoms with Crippen LogP contribution in [0.15, 0.2) is 53.7 Å². The number of halogens is 2. The summed E-state index contributed by atoms with van der Waals surface area (Å²) in [5.41, 5.74) is 2.44. The lowest BCUT2D eigenvalue weighted by Crippen LogP contribution is -2.35. The normalized spacial score (nSPS) is 17.4. The molecule has 0 unspecified atom stereocenters. The highest BCUT2D eigenvalue weighted by atomic mass is 19.1. The Bertz CT molecular complexity index is 1780. The number of benzene rings is 2. The van der Waals surface area contributed by atoms with E-state index in [0.717, 1.165) is 22.8 Å². The molecule has 0 atom stereocenters. The van der Waals surface area contributed by atoms with Crippen molar-refractivity contribution in [2.45, 2.75) is 32.4 Å². The number of nitrogens with one attached hydrogen (secondary N) is 3. The van der Waals surface area contributed by atoms with Crippen LogP contribution in [-0.2, 0) is 20.9 Å². The second kappa shape index (κ2) is 9.98. The summed E-state index contributed by atoms with van der Waals surface area (Å²) in [5.74, 6) is -0.577. The molecule has 0 radical (unpaired) electrons. The maximum absolute atomic E-state index is 15.2. The molecule has 3 N–H and O–H groups in total. The number of carbonyl (C=O) groups is 2. The number of fused-ring (bicyclic) bond motifs is 3. The molecule has 1 saturated carbocycles. The number of rotatable bonds is 6. The van der Waals surface area contributed by atoms with Gasteiger partial charge >= 0.3 is 0 Å². The van der Waals surface area contributed by atoms with Crippen molar-refractivity contribution in [2.24, 2.45) is 10.4 Å². The summed E-state index contributed by atoms with van der Waals surface area (Å²) in [6.07, 6.45) is 2.38. The Morgan fingerprint density at radius 1 is 1.07 bits per heavy atom. The van der Waals surface area contributed by atoms with Gasteiger partial charge in [0.05, 0.1) is 18.9 Å². The highest BCUT2D eigenvalue weighted by Crippen LogP contribution is 2.48. The first-order valence-corrected chi connectivity index (χ1v) is 13.8. The van der Waals surface area contributed by atoms with Gasteiger partial charge < -0.3 is 25.3 Å². The Kier molecular flexibility index (Phi) is 6.23. The summed E-state index contributed by atoms with van der Waals surface area (Å²) in [7, 11) is 0. The lowest BCUT2D eigenvalue weighted by Gasteiger charge is -2.21. The molecule has 2 fully saturated rings. The van der Waals surface area contributed by atoms with Crippen molar-refractivity contribution in [3.8, 4) is 22.5 Å². The van der Waals surface area contributed by atoms with Gasteiger partial charge in [-0.2, -0.15) is 4.98 Å². The van der Waals surface area contributed by atoms with E-state index < -0.39 is 28.9 Å². The Morgan fingerprint density at radius 3 is 2.55 bits per heavy atom. The van der Waals surface area contributed by atoms with Crippen molar-refractivity contribution < 1.29 is 23.1 Å². The number of ether oxygens (including phenoxy) is 1. The van der Waals surface area contributed by atoms with Gasteiger partial charge in [-0.1, -0.05) is 0 Å². The van der Waals surface area contributed by atoms with Gasteiger partial charge in [0.1, 0.15) is 34.7 Å². The van der Waals surface area contributed by atoms with E-state index >= 15 is 4.39 Å². The van der Waals surface area contributed by atoms with E-state index in [-0.39, 0.29) is 11.7 Å². The van der Waals surface area contributed by atoms with Crippen LogP contribution in [0.1, 0.15) is 18.4 Å². The second-order valence-electron chi connectivity index (χ2n) is 10.9. The molecule has 5 aliphatic rings. The van der Waals surface area contributed by atoms with Gasteiger partial charge in [0.15, 0.2) is 0 Å². The number of hydrogen-bond donors (Lipinski definition) is 3. The lowest BCUT2D eigenvalue weighted by atomic mass is 9.97. The maximum atomic E-state index is 15.2. The molecule has 12 heteroatoms. The standard InChI is InChI=1S/C30H27F2N7O3/c1-16-10-23(32)24(37-28(41)30(6-7-30)27(40)35-19-4-2-18(31)3-5-19)12-21(16)22-11-17-13-34-29(36-20-14-42-15-20)38-25(17)39-9-8-33-26(22)39/h2-5,10-13,20,33H,6-9,14-15H2,1H3,(H,35,40)(H,37,41). The van der Waals surface area contributed by atoms with Crippen molar-refractivity contribution in [1.29, 1.82) is 0 Å². The summed E-state index contributed by atoms with van der Waals surface area (Å²) in [5, 5.41) is 8.74. The number of pyridine rings is 1. The van der Waals surface area contributed by atoms with Gasteiger partial charge in [0.25, 0.3) is 0 Å². The van der Waals surface area contributed by atoms with Gasteiger partial charge in [-0.25, -0.2) is 18.8 Å². The molecule has 0 spiro atoms. The van der Waals surface area contributed by atoms with E-state index in [0.29, 0.717) is 61.6 Å². The highest BCUT2D eigenvalue weighted by Gasteiger charge is 2.56. The van der Waals surface area contributed by atoms with Crippen molar-refractivity contribution in [3.05, 3.63) is 71.5 Å². The average Bonchev–Trinajstić information content (AvgIpc) is 3.63. The topological polar surface area (TPSA) is 123 Å². The number of amides is 2. The van der Waals surface area contributed by atoms with Crippen LogP contribution in [0, 0.1) is 24.0 Å². The summed E-state index contributed by atoms with van der Waals surface area (Å²) < 4.78 is 35.7. The van der Waals surface area contributed by atoms with Gasteiger partial charge in [0, 0.05) is 36.1 Å². The molecule has 4 aliphatic heterocycles. The van der Waals surface area contributed by atoms with E-state index in [1.807, 2.05) is 6.07 Å². The first-order valence-electron chi connectivity index (χ1n) is 13.8. The molecule has 7 rings (SSSR count). The van der Waals surface area contributed by atoms with Crippen molar-refractivity contribution in [1.82, 2.24) is 14.5 Å². The van der Waals surface area contributed by atoms with Crippen LogP contribution in [0.5, 0.6) is 0 Å². The number of anilines is 3. The van der Waals surface area contributed by atoms with E-state index in [9.17, 15) is 14.0 Å². The number of nitrogens with zero attached hydrogens (tertiary/aromatic N) is 4. The van der Waals surface area contributed by atoms with Crippen LogP contribution in [0.3, 0.4) is 0 Å². The van der Waals surface area contributed by atoms with Crippen molar-refractivity contribution >= 4 is 29.0 Å². The molecule has 2 aromatic rings. The average molecular weight is 572 g/mol. The molecule has 1 aliphatic carbocycles. The zero-order chi connectivity index (χ0) is 29.0. The Balaban J connectivity index is 1.20. The van der Waals surface area contributed by atoms with Crippen LogP contribution in [-0.4, -0.2) is 52.1 Å². The van der Waals surface area contributed by atoms with Gasteiger partial charge in [-0.15, -0.1) is 0 Å². The number of aromatic nitrogens is 3. The highest BCUT2D eigenvalue weighted by molar-refractivity contribution is 6.17. The third-order valence-corrected chi connectivity index (χ3v) is 7.98. The molecule has 0 aromatic heterocycles. The molecule has 0 bridgehead atoms. The van der Waals surface area contributed by atoms with Crippen LogP contribution >= 0.6 is 0 Å². The first-order chi connectivity index (χ1) is 20.3. The van der Waals surface area contributed by atoms with E-state index in [2.05, 4.69) is 30.5 Å². The summed E-state index contributed by atoms with van der Waals surface area (Å²) in [6.45, 7) is 4.30. The zero-order valence-corrected chi connectivity index (χ0v) is 22.7. The molecule has 2 amide bonds. The van der Waals surface area contributed by atoms with Gasteiger partial charge in [-0.3, -0.25) is 9.59 Å². The van der Waals surface area contributed by atoms with Gasteiger partial charge in [0.2, 0.25) is 17.4 Å². The summed E-state index contributed by atoms with van der Waals surface area (Å²) >= 11 is 0. The SMILES string of the molecule is Cc1cc(F)c(NC(=O)C2(C(=O)Nc3ccc(F)cc3)CC2)cc1-c1cc2cnc(=NC3COC3)nc-2n2c1NCC2. The van der Waals surface area contributed by atoms with E-state index in [1.165, 1.54) is 30.3 Å². The summed E-state index contributed by atoms with van der Waals surface area (Å²) in [4.78, 5) is 40.0. The minimum Gasteiger partial charge on any atom is -0.377 e. The molecule has 10 nitrogen and oxygen atoms in total. The summed E-state index contributed by atoms with van der Waals surface area (Å²) in [6, 6.07) is 10.3. The molecule has 4 heterocycles. The molecule has 1 saturated heterocycles. The molecule has 2 aromatic carbocycles. The monoisotopic (exact) mass is 571 g/mol. The van der Waals surface area contributed by atoms with Gasteiger partial charge in [-0.05, 0) is 73.4 Å². The fourth-order valence-corrected chi connectivity index (χ4v) is 5.36. The third-order valence-electron chi connectivity index (χ3n) is 7.98. The van der Waals surface area contributed by atoms with Crippen LogP contribution in [0.4, 0.5) is 26.0 Å². The predicted molar refractivity (Wildman–Crippen MR) is 151 cm³/mol. The molecule has 214 valence electrons. The van der Waals surface area contributed by atoms with E-state index in [4.69, 9.17) is 9.72 Å².